The van der Waals surface area contributed by atoms with E-state index in [4.69, 9.17) is 0 Å². The highest BCUT2D eigenvalue weighted by Gasteiger charge is 2.22. The molecular formula is C29H26S2. The highest BCUT2D eigenvalue weighted by molar-refractivity contribution is 8.02. The van der Waals surface area contributed by atoms with E-state index >= 15 is 0 Å². The van der Waals surface area contributed by atoms with E-state index < -0.39 is 0 Å². The minimum atomic E-state index is 0.560. The summed E-state index contributed by atoms with van der Waals surface area (Å²) >= 11 is 3.73. The molecule has 2 heteroatoms. The Morgan fingerprint density at radius 3 is 1.81 bits per heavy atom. The summed E-state index contributed by atoms with van der Waals surface area (Å²) in [4.78, 5) is 2.82. The molecule has 0 saturated heterocycles. The van der Waals surface area contributed by atoms with Crippen LogP contribution in [-0.4, -0.2) is 12.5 Å². The minimum Gasteiger partial charge on any atom is -0.133 e. The van der Waals surface area contributed by atoms with Crippen LogP contribution in [0, 0.1) is 5.92 Å². The van der Waals surface area contributed by atoms with E-state index in [1.165, 1.54) is 53.6 Å². The summed E-state index contributed by atoms with van der Waals surface area (Å²) in [5, 5.41) is 5.34. The molecule has 154 valence electrons. The molecule has 0 spiro atoms. The zero-order chi connectivity index (χ0) is 21.4. The normalized spacial score (nSPS) is 16.4. The van der Waals surface area contributed by atoms with Gasteiger partial charge >= 0.3 is 0 Å². The Balaban J connectivity index is 1.98. The summed E-state index contributed by atoms with van der Waals surface area (Å²) < 4.78 is 0. The summed E-state index contributed by atoms with van der Waals surface area (Å²) in [5.74, 6) is 0.560. The van der Waals surface area contributed by atoms with Gasteiger partial charge in [-0.2, -0.15) is 0 Å². The van der Waals surface area contributed by atoms with Gasteiger partial charge in [-0.1, -0.05) is 85.8 Å². The lowest BCUT2D eigenvalue weighted by Crippen LogP contribution is -2.04. The molecule has 0 N–H and O–H groups in total. The van der Waals surface area contributed by atoms with E-state index in [1.807, 2.05) is 23.5 Å². The summed E-state index contributed by atoms with van der Waals surface area (Å²) in [6, 6.07) is 26.7. The zero-order valence-corrected chi connectivity index (χ0v) is 19.8. The van der Waals surface area contributed by atoms with E-state index in [-0.39, 0.29) is 0 Å². The van der Waals surface area contributed by atoms with E-state index in [1.54, 1.807) is 0 Å². The fourth-order valence-electron chi connectivity index (χ4n) is 4.92. The van der Waals surface area contributed by atoms with Gasteiger partial charge in [0.25, 0.3) is 0 Å². The largest absolute Gasteiger partial charge is 0.133 e. The maximum atomic E-state index is 2.36. The number of hydrogen-bond acceptors (Lipinski definition) is 2. The van der Waals surface area contributed by atoms with Crippen LogP contribution >= 0.6 is 23.5 Å². The first-order chi connectivity index (χ1) is 15.2. The molecule has 0 bridgehead atoms. The smallest absolute Gasteiger partial charge is 0.0148 e. The van der Waals surface area contributed by atoms with Crippen molar-refractivity contribution in [3.63, 3.8) is 0 Å². The maximum Gasteiger partial charge on any atom is 0.0148 e. The highest BCUT2D eigenvalue weighted by atomic mass is 32.2. The Morgan fingerprint density at radius 2 is 1.23 bits per heavy atom. The van der Waals surface area contributed by atoms with Crippen LogP contribution in [0.15, 0.2) is 94.7 Å². The van der Waals surface area contributed by atoms with Crippen molar-refractivity contribution in [3.05, 3.63) is 95.4 Å². The van der Waals surface area contributed by atoms with Gasteiger partial charge in [-0.3, -0.25) is 0 Å². The topological polar surface area (TPSA) is 0 Å². The van der Waals surface area contributed by atoms with Crippen molar-refractivity contribution in [1.82, 2.24) is 0 Å². The molecule has 0 amide bonds. The molecule has 4 aromatic carbocycles. The Morgan fingerprint density at radius 1 is 0.677 bits per heavy atom. The van der Waals surface area contributed by atoms with Crippen LogP contribution in [0.2, 0.25) is 0 Å². The molecule has 1 atom stereocenters. The molecule has 0 saturated carbocycles. The van der Waals surface area contributed by atoms with E-state index in [0.29, 0.717) is 5.92 Å². The van der Waals surface area contributed by atoms with Crippen LogP contribution in [0.1, 0.15) is 18.9 Å². The van der Waals surface area contributed by atoms with Gasteiger partial charge in [0.05, 0.1) is 0 Å². The number of thioether (sulfide) groups is 2. The fourth-order valence-corrected chi connectivity index (χ4v) is 6.42. The zero-order valence-electron chi connectivity index (χ0n) is 18.2. The quantitative estimate of drug-likeness (QED) is 0.230. The third-order valence-corrected chi connectivity index (χ3v) is 8.14. The standard InChI is InChI=1S/C29H26S2/c1-19-11-10-17-25(29(19)31-3)28-22-14-6-4-12-20(22)27(21-13-5-7-15-23(21)28)24-16-8-9-18-26(24)30-2/h4-10,12-19H,11H2,1-3H3. The summed E-state index contributed by atoms with van der Waals surface area (Å²) in [7, 11) is 0. The van der Waals surface area contributed by atoms with Crippen molar-refractivity contribution in [1.29, 1.82) is 0 Å². The van der Waals surface area contributed by atoms with Gasteiger partial charge < -0.3 is 0 Å². The molecule has 1 aliphatic carbocycles. The summed E-state index contributed by atoms with van der Waals surface area (Å²) in [6.45, 7) is 2.35. The SMILES string of the molecule is CSC1=C(c2c3ccccc3c(-c3ccccc3SC)c3ccccc23)C=CCC1C. The second kappa shape index (κ2) is 8.61. The van der Waals surface area contributed by atoms with Crippen LogP contribution in [-0.2, 0) is 0 Å². The maximum absolute atomic E-state index is 2.36. The van der Waals surface area contributed by atoms with Gasteiger partial charge in [0.2, 0.25) is 0 Å². The van der Waals surface area contributed by atoms with Crippen molar-refractivity contribution in [2.75, 3.05) is 12.5 Å². The predicted molar refractivity (Wildman–Crippen MR) is 142 cm³/mol. The first-order valence-corrected chi connectivity index (χ1v) is 13.2. The van der Waals surface area contributed by atoms with Gasteiger partial charge in [0, 0.05) is 4.90 Å². The molecule has 0 aliphatic heterocycles. The molecule has 0 nitrogen and oxygen atoms in total. The van der Waals surface area contributed by atoms with Crippen LogP contribution in [0.25, 0.3) is 38.2 Å². The van der Waals surface area contributed by atoms with Crippen LogP contribution < -0.4 is 0 Å². The first kappa shape index (κ1) is 20.5. The third kappa shape index (κ3) is 3.43. The van der Waals surface area contributed by atoms with Gasteiger partial charge in [0.1, 0.15) is 0 Å². The molecule has 0 heterocycles. The Hall–Kier alpha value is -2.42. The summed E-state index contributed by atoms with van der Waals surface area (Å²) in [6.07, 6.45) is 10.2. The average Bonchev–Trinajstić information content (AvgIpc) is 2.82. The minimum absolute atomic E-state index is 0.560. The van der Waals surface area contributed by atoms with Crippen molar-refractivity contribution in [3.8, 4) is 11.1 Å². The lowest BCUT2D eigenvalue weighted by molar-refractivity contribution is 0.728. The molecule has 0 aromatic heterocycles. The molecule has 5 rings (SSSR count). The first-order valence-electron chi connectivity index (χ1n) is 10.8. The average molecular weight is 439 g/mol. The number of allylic oxidation sites excluding steroid dienone is 4. The lowest BCUT2D eigenvalue weighted by atomic mass is 9.83. The van der Waals surface area contributed by atoms with Crippen molar-refractivity contribution in [2.45, 2.75) is 18.2 Å². The monoisotopic (exact) mass is 438 g/mol. The lowest BCUT2D eigenvalue weighted by Gasteiger charge is -2.24. The molecule has 1 aliphatic rings. The van der Waals surface area contributed by atoms with Crippen LogP contribution in [0.3, 0.4) is 0 Å². The van der Waals surface area contributed by atoms with Crippen molar-refractivity contribution >= 4 is 50.6 Å². The van der Waals surface area contributed by atoms with Gasteiger partial charge in [-0.05, 0) is 79.6 Å². The number of hydrogen-bond donors (Lipinski definition) is 0. The number of fused-ring (bicyclic) bond motifs is 2. The highest BCUT2D eigenvalue weighted by Crippen LogP contribution is 2.47. The molecule has 31 heavy (non-hydrogen) atoms. The predicted octanol–water partition coefficient (Wildman–Crippen LogP) is 9.05. The van der Waals surface area contributed by atoms with Crippen molar-refractivity contribution in [2.24, 2.45) is 5.92 Å². The van der Waals surface area contributed by atoms with Gasteiger partial charge in [0.15, 0.2) is 0 Å². The number of benzene rings is 4. The van der Waals surface area contributed by atoms with E-state index in [0.717, 1.165) is 6.42 Å². The van der Waals surface area contributed by atoms with Crippen LogP contribution in [0.5, 0.6) is 0 Å². The molecular weight excluding hydrogens is 412 g/mol. The van der Waals surface area contributed by atoms with E-state index in [9.17, 15) is 0 Å². The molecule has 0 fully saturated rings. The number of rotatable bonds is 4. The second-order valence-corrected chi connectivity index (χ2v) is 9.76. The Kier molecular flexibility index (Phi) is 5.69. The molecule has 1 unspecified atom stereocenters. The van der Waals surface area contributed by atoms with Crippen LogP contribution in [0.4, 0.5) is 0 Å². The third-order valence-electron chi connectivity index (χ3n) is 6.28. The Labute approximate surface area is 193 Å². The Bertz CT molecular complexity index is 1290. The fraction of sp³-hybridized carbons (Fsp3) is 0.172. The summed E-state index contributed by atoms with van der Waals surface area (Å²) in [5.41, 5.74) is 5.44. The van der Waals surface area contributed by atoms with Crippen molar-refractivity contribution < 1.29 is 0 Å². The van der Waals surface area contributed by atoms with E-state index in [2.05, 4.69) is 104 Å². The molecule has 4 aromatic rings. The second-order valence-electron chi connectivity index (χ2n) is 8.06. The van der Waals surface area contributed by atoms with Gasteiger partial charge in [-0.15, -0.1) is 23.5 Å². The van der Waals surface area contributed by atoms with Gasteiger partial charge in [-0.25, -0.2) is 0 Å². The molecule has 0 radical (unpaired) electrons.